The minimum absolute atomic E-state index is 0.0823. The molecule has 5 heteroatoms. The quantitative estimate of drug-likeness (QED) is 0.684. The minimum Gasteiger partial charge on any atom is -0.489 e. The molecule has 3 N–H and O–H groups in total. The van der Waals surface area contributed by atoms with Gasteiger partial charge in [-0.3, -0.25) is 4.79 Å². The van der Waals surface area contributed by atoms with Crippen LogP contribution in [0.25, 0.3) is 0 Å². The first-order valence-electron chi connectivity index (χ1n) is 5.03. The molecule has 2 rings (SSSR count). The average molecular weight is 241 g/mol. The maximum Gasteiger partial charge on any atom is 0.227 e. The summed E-state index contributed by atoms with van der Waals surface area (Å²) in [5, 5.41) is 3.34. The van der Waals surface area contributed by atoms with Crippen LogP contribution in [0.4, 0.5) is 11.4 Å². The molecule has 0 fully saturated rings. The molecule has 0 saturated heterocycles. The fourth-order valence-corrected chi connectivity index (χ4v) is 1.93. The Kier molecular flexibility index (Phi) is 2.68. The Morgan fingerprint density at radius 2 is 2.06 bits per heavy atom. The zero-order valence-corrected chi connectivity index (χ0v) is 9.94. The third kappa shape index (κ3) is 1.59. The van der Waals surface area contributed by atoms with Gasteiger partial charge < -0.3 is 15.8 Å². The third-order valence-corrected chi connectivity index (χ3v) is 3.32. The van der Waals surface area contributed by atoms with Crippen LogP contribution in [0.15, 0.2) is 0 Å². The molecule has 1 amide bonds. The second-order valence-corrected chi connectivity index (χ2v) is 4.21. The van der Waals surface area contributed by atoms with E-state index < -0.39 is 0 Å². The minimum atomic E-state index is -0.0823. The van der Waals surface area contributed by atoms with Crippen LogP contribution in [0.1, 0.15) is 17.5 Å². The molecular formula is C11H13ClN2O2. The van der Waals surface area contributed by atoms with Crippen molar-refractivity contribution in [3.05, 3.63) is 16.1 Å². The van der Waals surface area contributed by atoms with Crippen LogP contribution in [0.5, 0.6) is 5.75 Å². The smallest absolute Gasteiger partial charge is 0.227 e. The number of nitrogens with one attached hydrogen (secondary N) is 1. The van der Waals surface area contributed by atoms with Crippen molar-refractivity contribution in [3.8, 4) is 5.75 Å². The molecule has 0 bridgehead atoms. The Balaban J connectivity index is 2.68. The van der Waals surface area contributed by atoms with Gasteiger partial charge in [0.2, 0.25) is 5.91 Å². The molecule has 1 aliphatic heterocycles. The van der Waals surface area contributed by atoms with E-state index in [2.05, 4.69) is 5.32 Å². The van der Waals surface area contributed by atoms with Gasteiger partial charge in [-0.15, -0.1) is 0 Å². The number of anilines is 2. The van der Waals surface area contributed by atoms with E-state index in [-0.39, 0.29) is 5.91 Å². The van der Waals surface area contributed by atoms with Crippen LogP contribution in [0.2, 0.25) is 5.02 Å². The number of amides is 1. The summed E-state index contributed by atoms with van der Waals surface area (Å²) in [5.74, 6) is 0.450. The zero-order valence-electron chi connectivity index (χ0n) is 9.19. The van der Waals surface area contributed by atoms with Gasteiger partial charge >= 0.3 is 0 Å². The highest BCUT2D eigenvalue weighted by Gasteiger charge is 2.22. The molecule has 4 nitrogen and oxygen atoms in total. The predicted octanol–water partition coefficient (Wildman–Crippen LogP) is 2.26. The summed E-state index contributed by atoms with van der Waals surface area (Å²) in [6.45, 7) is 4.01. The maximum absolute atomic E-state index is 11.4. The Labute approximate surface area is 98.7 Å². The number of ether oxygens (including phenoxy) is 1. The number of hydrogen-bond acceptors (Lipinski definition) is 3. The monoisotopic (exact) mass is 240 g/mol. The zero-order chi connectivity index (χ0) is 11.9. The van der Waals surface area contributed by atoms with Gasteiger partial charge in [0.1, 0.15) is 0 Å². The molecule has 16 heavy (non-hydrogen) atoms. The highest BCUT2D eigenvalue weighted by atomic mass is 35.5. The molecular weight excluding hydrogens is 228 g/mol. The van der Waals surface area contributed by atoms with Gasteiger partial charge in [0.15, 0.2) is 5.75 Å². The van der Waals surface area contributed by atoms with E-state index in [0.717, 1.165) is 11.1 Å². The van der Waals surface area contributed by atoms with Crippen LogP contribution in [0.3, 0.4) is 0 Å². The van der Waals surface area contributed by atoms with E-state index >= 15 is 0 Å². The first-order chi connectivity index (χ1) is 7.52. The van der Waals surface area contributed by atoms with E-state index in [1.165, 1.54) is 0 Å². The number of nitrogens with two attached hydrogens (primary N) is 1. The van der Waals surface area contributed by atoms with Crippen LogP contribution in [0, 0.1) is 13.8 Å². The van der Waals surface area contributed by atoms with E-state index in [9.17, 15) is 4.79 Å². The molecule has 86 valence electrons. The Morgan fingerprint density at radius 1 is 1.38 bits per heavy atom. The normalized spacial score (nSPS) is 14.8. The first-order valence-corrected chi connectivity index (χ1v) is 5.41. The largest absolute Gasteiger partial charge is 0.489 e. The maximum atomic E-state index is 11.4. The molecule has 0 aliphatic carbocycles. The Morgan fingerprint density at radius 3 is 2.75 bits per heavy atom. The first kappa shape index (κ1) is 11.1. The van der Waals surface area contributed by atoms with Crippen LogP contribution >= 0.6 is 11.6 Å². The van der Waals surface area contributed by atoms with Crippen molar-refractivity contribution < 1.29 is 9.53 Å². The van der Waals surface area contributed by atoms with Crippen molar-refractivity contribution in [2.24, 2.45) is 0 Å². The second kappa shape index (κ2) is 3.87. The van der Waals surface area contributed by atoms with Crippen molar-refractivity contribution in [2.45, 2.75) is 20.3 Å². The SMILES string of the molecule is Cc1c(N)c2c(c(C)c1Cl)NC(=O)CCO2. The lowest BCUT2D eigenvalue weighted by atomic mass is 10.1. The number of benzene rings is 1. The van der Waals surface area contributed by atoms with E-state index in [1.54, 1.807) is 0 Å². The second-order valence-electron chi connectivity index (χ2n) is 3.83. The molecule has 1 heterocycles. The molecule has 0 saturated carbocycles. The summed E-state index contributed by atoms with van der Waals surface area (Å²) in [6.07, 6.45) is 0.324. The standard InChI is InChI=1S/C11H13ClN2O2/c1-5-8(12)6(2)10-11(9(5)13)16-4-3-7(15)14-10/h3-4,13H2,1-2H3,(H,14,15). The number of carbonyl (C=O) groups is 1. The van der Waals surface area contributed by atoms with Gasteiger partial charge in [0, 0.05) is 0 Å². The number of rotatable bonds is 0. The molecule has 0 atom stereocenters. The third-order valence-electron chi connectivity index (χ3n) is 2.75. The summed E-state index contributed by atoms with van der Waals surface area (Å²) < 4.78 is 5.50. The molecule has 0 spiro atoms. The summed E-state index contributed by atoms with van der Waals surface area (Å²) in [7, 11) is 0. The molecule has 1 aromatic carbocycles. The number of halogens is 1. The molecule has 0 aromatic heterocycles. The predicted molar refractivity (Wildman–Crippen MR) is 64.1 cm³/mol. The Bertz CT molecular complexity index is 472. The van der Waals surface area contributed by atoms with Gasteiger partial charge in [-0.1, -0.05) is 11.6 Å². The van der Waals surface area contributed by atoms with E-state index in [0.29, 0.717) is 35.2 Å². The van der Waals surface area contributed by atoms with Gasteiger partial charge in [-0.2, -0.15) is 0 Å². The van der Waals surface area contributed by atoms with Crippen LogP contribution in [-0.4, -0.2) is 12.5 Å². The highest BCUT2D eigenvalue weighted by Crippen LogP contribution is 2.43. The van der Waals surface area contributed by atoms with Crippen molar-refractivity contribution in [3.63, 3.8) is 0 Å². The van der Waals surface area contributed by atoms with Gasteiger partial charge in [0.25, 0.3) is 0 Å². The Hall–Kier alpha value is -1.42. The van der Waals surface area contributed by atoms with Crippen molar-refractivity contribution in [2.75, 3.05) is 17.7 Å². The lowest BCUT2D eigenvalue weighted by molar-refractivity contribution is -0.116. The highest BCUT2D eigenvalue weighted by molar-refractivity contribution is 6.33. The summed E-state index contributed by atoms with van der Waals surface area (Å²) >= 11 is 6.13. The van der Waals surface area contributed by atoms with Crippen LogP contribution in [-0.2, 0) is 4.79 Å². The van der Waals surface area contributed by atoms with Gasteiger partial charge in [-0.05, 0) is 25.0 Å². The fourth-order valence-electron chi connectivity index (χ4n) is 1.73. The van der Waals surface area contributed by atoms with E-state index in [4.69, 9.17) is 22.1 Å². The molecule has 0 radical (unpaired) electrons. The summed E-state index contributed by atoms with van der Waals surface area (Å²) in [6, 6.07) is 0. The summed E-state index contributed by atoms with van der Waals surface area (Å²) in [5.41, 5.74) is 8.59. The molecule has 1 aromatic rings. The number of fused-ring (bicyclic) bond motifs is 1. The summed E-state index contributed by atoms with van der Waals surface area (Å²) in [4.78, 5) is 11.4. The molecule has 1 aliphatic rings. The van der Waals surface area contributed by atoms with Crippen molar-refractivity contribution >= 4 is 28.9 Å². The lowest BCUT2D eigenvalue weighted by Crippen LogP contribution is -2.11. The van der Waals surface area contributed by atoms with Crippen molar-refractivity contribution in [1.82, 2.24) is 0 Å². The van der Waals surface area contributed by atoms with Crippen LogP contribution < -0.4 is 15.8 Å². The number of carbonyl (C=O) groups excluding carboxylic acids is 1. The fraction of sp³-hybridized carbons (Fsp3) is 0.364. The average Bonchev–Trinajstić information content (AvgIpc) is 2.45. The number of nitrogen functional groups attached to an aromatic ring is 1. The topological polar surface area (TPSA) is 64.3 Å². The van der Waals surface area contributed by atoms with Gasteiger partial charge in [-0.25, -0.2) is 0 Å². The lowest BCUT2D eigenvalue weighted by Gasteiger charge is -2.16. The number of hydrogen-bond donors (Lipinski definition) is 2. The van der Waals surface area contributed by atoms with Gasteiger partial charge in [0.05, 0.1) is 29.4 Å². The molecule has 0 unspecified atom stereocenters. The van der Waals surface area contributed by atoms with Crippen molar-refractivity contribution in [1.29, 1.82) is 0 Å². The van der Waals surface area contributed by atoms with E-state index in [1.807, 2.05) is 13.8 Å².